The first-order valence-electron chi connectivity index (χ1n) is 17.1. The molecule has 10 atom stereocenters. The molecule has 0 unspecified atom stereocenters. The van der Waals surface area contributed by atoms with Gasteiger partial charge in [-0.25, -0.2) is 4.68 Å². The fraction of sp³-hybridized carbons (Fsp3) is 0.711. The number of fused-ring (bicyclic) bond motifs is 8. The molecule has 0 saturated heterocycles. The number of hydrogen-bond acceptors (Lipinski definition) is 3. The third-order valence-corrected chi connectivity index (χ3v) is 15.2. The predicted octanol–water partition coefficient (Wildman–Crippen LogP) is 8.64. The van der Waals surface area contributed by atoms with Gasteiger partial charge in [-0.15, -0.1) is 5.10 Å². The molecule has 4 fully saturated rings. The Kier molecular flexibility index (Phi) is 6.33. The maximum atomic E-state index is 13.0. The van der Waals surface area contributed by atoms with Crippen molar-refractivity contribution in [2.45, 2.75) is 118 Å². The first-order chi connectivity index (χ1) is 20.2. The van der Waals surface area contributed by atoms with Crippen LogP contribution in [-0.4, -0.2) is 26.1 Å². The molecule has 1 heterocycles. The van der Waals surface area contributed by atoms with Crippen LogP contribution in [0.4, 0.5) is 0 Å². The summed E-state index contributed by atoms with van der Waals surface area (Å²) in [5.41, 5.74) is 4.88. The number of carboxylic acids is 1. The molecule has 4 saturated carbocycles. The highest BCUT2D eigenvalue weighted by Gasteiger charge is 2.72. The van der Waals surface area contributed by atoms with Crippen LogP contribution in [0.25, 0.3) is 0 Å². The SMILES string of the molecule is C=C(C)[C@@H]1CC[C@]2(C(=O)O)CC[C@]3(C)[C@H](CC[C@@H]4[C@@]5(C)Cc6nnn([C@H](C)c7ccccc7)c6C(C)(C)[C@@H]5CC[C@]43C)[C@@H]12. The van der Waals surface area contributed by atoms with Crippen LogP contribution in [0.1, 0.15) is 123 Å². The van der Waals surface area contributed by atoms with E-state index in [4.69, 9.17) is 10.3 Å². The van der Waals surface area contributed by atoms with E-state index >= 15 is 0 Å². The van der Waals surface area contributed by atoms with Gasteiger partial charge < -0.3 is 5.11 Å². The zero-order valence-electron chi connectivity index (χ0n) is 27.6. The number of carbonyl (C=O) groups is 1. The number of nitrogens with zero attached hydrogens (tertiary/aromatic N) is 3. The lowest BCUT2D eigenvalue weighted by Crippen LogP contribution is -2.67. The summed E-state index contributed by atoms with van der Waals surface area (Å²) in [6, 6.07) is 10.9. The highest BCUT2D eigenvalue weighted by molar-refractivity contribution is 5.76. The van der Waals surface area contributed by atoms with Crippen molar-refractivity contribution in [2.75, 3.05) is 0 Å². The van der Waals surface area contributed by atoms with Crippen LogP contribution in [0.3, 0.4) is 0 Å². The van der Waals surface area contributed by atoms with Gasteiger partial charge in [-0.3, -0.25) is 4.79 Å². The Morgan fingerprint density at radius 3 is 2.35 bits per heavy atom. The van der Waals surface area contributed by atoms with E-state index in [9.17, 15) is 9.90 Å². The molecule has 43 heavy (non-hydrogen) atoms. The summed E-state index contributed by atoms with van der Waals surface area (Å²) in [6.45, 7) is 21.6. The van der Waals surface area contributed by atoms with Crippen LogP contribution in [0.5, 0.6) is 0 Å². The molecule has 0 spiro atoms. The number of carboxylic acid groups (broad SMARTS) is 1. The molecular weight excluding hydrogens is 530 g/mol. The number of benzene rings is 1. The second-order valence-electron chi connectivity index (χ2n) is 17.0. The smallest absolute Gasteiger partial charge is 0.309 e. The summed E-state index contributed by atoms with van der Waals surface area (Å²) >= 11 is 0. The highest BCUT2D eigenvalue weighted by atomic mass is 16.4. The average molecular weight is 584 g/mol. The number of aromatic nitrogens is 3. The standard InChI is InChI=1S/C38H53N3O2/c1-23(2)26-16-19-38(33(42)43)21-20-36(7)27(31(26)38)14-15-30-35(6)22-28-32(34(4,5)29(35)17-18-37(30,36)8)41(40-39-28)24(3)25-12-10-9-11-13-25/h9-13,24,26-27,29-31H,1,14-22H2,2-8H3,(H,42,43)/t24-,26+,27-,29+,30-,31-,35+,36-,37-,38+/m1/s1. The van der Waals surface area contributed by atoms with Crippen molar-refractivity contribution in [3.63, 3.8) is 0 Å². The second kappa shape index (κ2) is 9.30. The van der Waals surface area contributed by atoms with E-state index in [0.717, 1.165) is 38.5 Å². The zero-order valence-corrected chi connectivity index (χ0v) is 27.6. The lowest BCUT2D eigenvalue weighted by atomic mass is 9.32. The van der Waals surface area contributed by atoms with E-state index in [-0.39, 0.29) is 33.6 Å². The number of hydrogen-bond donors (Lipinski definition) is 1. The number of allylic oxidation sites excluding steroid dienone is 1. The van der Waals surface area contributed by atoms with E-state index < -0.39 is 11.4 Å². The molecule has 5 nitrogen and oxygen atoms in total. The van der Waals surface area contributed by atoms with Crippen molar-refractivity contribution in [1.82, 2.24) is 15.0 Å². The fourth-order valence-electron chi connectivity index (χ4n) is 13.1. The maximum absolute atomic E-state index is 13.0. The van der Waals surface area contributed by atoms with Crippen molar-refractivity contribution >= 4 is 5.97 Å². The largest absolute Gasteiger partial charge is 0.481 e. The van der Waals surface area contributed by atoms with Gasteiger partial charge in [0.2, 0.25) is 0 Å². The van der Waals surface area contributed by atoms with Crippen LogP contribution in [0.15, 0.2) is 42.5 Å². The summed E-state index contributed by atoms with van der Waals surface area (Å²) in [7, 11) is 0. The minimum Gasteiger partial charge on any atom is -0.481 e. The predicted molar refractivity (Wildman–Crippen MR) is 171 cm³/mol. The second-order valence-corrected chi connectivity index (χ2v) is 17.0. The Morgan fingerprint density at radius 2 is 1.67 bits per heavy atom. The first kappa shape index (κ1) is 29.3. The molecule has 1 aromatic carbocycles. The molecule has 0 amide bonds. The topological polar surface area (TPSA) is 68.0 Å². The Balaban J connectivity index is 1.27. The Morgan fingerprint density at radius 1 is 0.953 bits per heavy atom. The first-order valence-corrected chi connectivity index (χ1v) is 17.1. The summed E-state index contributed by atoms with van der Waals surface area (Å²) in [6.07, 6.45) is 9.45. The van der Waals surface area contributed by atoms with Crippen LogP contribution in [-0.2, 0) is 16.6 Å². The van der Waals surface area contributed by atoms with Gasteiger partial charge in [0, 0.05) is 5.41 Å². The summed E-state index contributed by atoms with van der Waals surface area (Å²) in [4.78, 5) is 13.0. The summed E-state index contributed by atoms with van der Waals surface area (Å²) in [5, 5.41) is 20.5. The van der Waals surface area contributed by atoms with Crippen molar-refractivity contribution in [3.8, 4) is 0 Å². The average Bonchev–Trinajstić information content (AvgIpc) is 3.56. The third kappa shape index (κ3) is 3.60. The minimum absolute atomic E-state index is 0.0323. The van der Waals surface area contributed by atoms with Crippen LogP contribution < -0.4 is 0 Å². The molecule has 5 heteroatoms. The van der Waals surface area contributed by atoms with Crippen molar-refractivity contribution < 1.29 is 9.90 Å². The highest BCUT2D eigenvalue weighted by Crippen LogP contribution is 2.77. The van der Waals surface area contributed by atoms with E-state index in [1.165, 1.54) is 41.8 Å². The molecule has 7 rings (SSSR count). The van der Waals surface area contributed by atoms with Gasteiger partial charge in [0.15, 0.2) is 0 Å². The van der Waals surface area contributed by atoms with Crippen molar-refractivity contribution in [3.05, 3.63) is 59.4 Å². The van der Waals surface area contributed by atoms with E-state index in [0.29, 0.717) is 23.7 Å². The number of rotatable bonds is 4. The Bertz CT molecular complexity index is 1460. The van der Waals surface area contributed by atoms with Gasteiger partial charge in [-0.2, -0.15) is 0 Å². The molecule has 1 aromatic heterocycles. The molecular formula is C38H53N3O2. The molecule has 1 N–H and O–H groups in total. The summed E-state index contributed by atoms with van der Waals surface area (Å²) < 4.78 is 2.24. The quantitative estimate of drug-likeness (QED) is 0.366. The van der Waals surface area contributed by atoms with Crippen LogP contribution in [0, 0.1) is 51.2 Å². The zero-order chi connectivity index (χ0) is 30.7. The third-order valence-electron chi connectivity index (χ3n) is 15.2. The van der Waals surface area contributed by atoms with Crippen molar-refractivity contribution in [2.24, 2.45) is 51.2 Å². The Hall–Kier alpha value is -2.43. The van der Waals surface area contributed by atoms with Gasteiger partial charge in [-0.05, 0) is 123 Å². The molecule has 5 aliphatic carbocycles. The number of aliphatic carboxylic acids is 1. The molecule has 0 radical (unpaired) electrons. The van der Waals surface area contributed by atoms with Crippen molar-refractivity contribution in [1.29, 1.82) is 0 Å². The Labute approximate surface area is 258 Å². The van der Waals surface area contributed by atoms with Gasteiger partial charge in [-0.1, -0.05) is 82.3 Å². The fourth-order valence-corrected chi connectivity index (χ4v) is 13.1. The molecule has 2 aromatic rings. The molecule has 0 aliphatic heterocycles. The van der Waals surface area contributed by atoms with Crippen LogP contribution >= 0.6 is 0 Å². The molecule has 5 aliphatic rings. The summed E-state index contributed by atoms with van der Waals surface area (Å²) in [5.74, 6) is 1.61. The van der Waals surface area contributed by atoms with Gasteiger partial charge in [0.1, 0.15) is 0 Å². The van der Waals surface area contributed by atoms with Gasteiger partial charge in [0.05, 0.1) is 22.8 Å². The molecule has 0 bridgehead atoms. The molecule has 232 valence electrons. The maximum Gasteiger partial charge on any atom is 0.309 e. The lowest BCUT2D eigenvalue weighted by Gasteiger charge is -2.72. The van der Waals surface area contributed by atoms with Gasteiger partial charge >= 0.3 is 5.97 Å². The van der Waals surface area contributed by atoms with Gasteiger partial charge in [0.25, 0.3) is 0 Å². The lowest BCUT2D eigenvalue weighted by molar-refractivity contribution is -0.228. The van der Waals surface area contributed by atoms with E-state index in [1.54, 1.807) is 0 Å². The normalized spacial score (nSPS) is 43.4. The monoisotopic (exact) mass is 583 g/mol. The van der Waals surface area contributed by atoms with E-state index in [1.807, 2.05) is 0 Å². The van der Waals surface area contributed by atoms with E-state index in [2.05, 4.69) is 90.1 Å². The minimum atomic E-state index is -0.562. The van der Waals surface area contributed by atoms with Crippen LogP contribution in [0.2, 0.25) is 0 Å².